The van der Waals surface area contributed by atoms with Crippen molar-refractivity contribution >= 4 is 16.5 Å². The van der Waals surface area contributed by atoms with Crippen LogP contribution in [0.15, 0.2) is 42.6 Å². The second kappa shape index (κ2) is 8.87. The number of aromatic nitrogens is 4. The van der Waals surface area contributed by atoms with Crippen LogP contribution in [0.25, 0.3) is 39.1 Å². The Balaban J connectivity index is 1.30. The van der Waals surface area contributed by atoms with Crippen LogP contribution < -0.4 is 0 Å². The number of aliphatic hydroxyl groups is 1. The number of rotatable bonds is 5. The molecule has 2 aromatic heterocycles. The van der Waals surface area contributed by atoms with Crippen molar-refractivity contribution in [1.29, 1.82) is 0 Å². The molecule has 1 aliphatic heterocycles. The summed E-state index contributed by atoms with van der Waals surface area (Å²) in [6.07, 6.45) is 7.21. The lowest BCUT2D eigenvalue weighted by Crippen LogP contribution is -2.52. The van der Waals surface area contributed by atoms with Crippen molar-refractivity contribution < 1.29 is 14.6 Å². The van der Waals surface area contributed by atoms with Crippen molar-refractivity contribution in [3.63, 3.8) is 0 Å². The van der Waals surface area contributed by atoms with Gasteiger partial charge in [-0.3, -0.25) is 10.00 Å². The van der Waals surface area contributed by atoms with Crippen LogP contribution in [0.1, 0.15) is 44.4 Å². The van der Waals surface area contributed by atoms with E-state index >= 15 is 4.39 Å². The van der Waals surface area contributed by atoms with Gasteiger partial charge in [-0.15, -0.1) is 0 Å². The Morgan fingerprint density at radius 2 is 1.97 bits per heavy atom. The molecule has 6 rings (SSSR count). The van der Waals surface area contributed by atoms with Crippen LogP contribution in [0.3, 0.4) is 0 Å². The van der Waals surface area contributed by atoms with E-state index in [2.05, 4.69) is 38.1 Å². The number of phenolic OH excluding ortho intramolecular Hbond substituents is 1. The fourth-order valence-electron chi connectivity index (χ4n) is 5.56. The van der Waals surface area contributed by atoms with Crippen LogP contribution in [0.5, 0.6) is 5.75 Å². The Morgan fingerprint density at radius 1 is 1.17 bits per heavy atom. The summed E-state index contributed by atoms with van der Waals surface area (Å²) in [6, 6.07) is 9.51. The molecule has 1 saturated carbocycles. The summed E-state index contributed by atoms with van der Waals surface area (Å²) < 4.78 is 15.6. The molecule has 36 heavy (non-hydrogen) atoms. The van der Waals surface area contributed by atoms with Gasteiger partial charge in [0.15, 0.2) is 11.6 Å². The van der Waals surface area contributed by atoms with Crippen molar-refractivity contribution in [2.45, 2.75) is 57.7 Å². The summed E-state index contributed by atoms with van der Waals surface area (Å²) in [5, 5.41) is 27.5. The Bertz CT molecular complexity index is 1470. The minimum absolute atomic E-state index is 0.170. The first-order valence-electron chi connectivity index (χ1n) is 12.6. The normalized spacial score (nSPS) is 22.6. The predicted octanol–water partition coefficient (Wildman–Crippen LogP) is 5.03. The molecule has 0 unspecified atom stereocenters. The first-order chi connectivity index (χ1) is 17.4. The van der Waals surface area contributed by atoms with E-state index in [-0.39, 0.29) is 17.4 Å². The summed E-state index contributed by atoms with van der Waals surface area (Å²) in [4.78, 5) is 10.5. The quantitative estimate of drug-likeness (QED) is 0.316. The minimum atomic E-state index is -0.399. The summed E-state index contributed by atoms with van der Waals surface area (Å²) in [5.41, 5.74) is 5.12. The molecular formula is C28H30FN5O2. The molecule has 0 saturated heterocycles. The van der Waals surface area contributed by atoms with E-state index in [1.165, 1.54) is 5.57 Å². The Hall–Kier alpha value is -3.49. The van der Waals surface area contributed by atoms with Gasteiger partial charge in [-0.2, -0.15) is 5.10 Å². The molecule has 3 heterocycles. The van der Waals surface area contributed by atoms with Crippen molar-refractivity contribution in [1.82, 2.24) is 25.1 Å². The van der Waals surface area contributed by atoms with Crippen LogP contribution in [0.4, 0.5) is 4.39 Å². The lowest BCUT2D eigenvalue weighted by molar-refractivity contribution is -0.00892. The van der Waals surface area contributed by atoms with Gasteiger partial charge in [-0.1, -0.05) is 25.1 Å². The van der Waals surface area contributed by atoms with Gasteiger partial charge >= 0.3 is 0 Å². The highest BCUT2D eigenvalue weighted by atomic mass is 19.1. The molecule has 0 spiro atoms. The van der Waals surface area contributed by atoms with E-state index in [0.29, 0.717) is 41.0 Å². The molecule has 1 aliphatic carbocycles. The van der Waals surface area contributed by atoms with Gasteiger partial charge < -0.3 is 15.2 Å². The summed E-state index contributed by atoms with van der Waals surface area (Å²) >= 11 is 0. The molecule has 2 aromatic carbocycles. The third-order valence-electron chi connectivity index (χ3n) is 7.77. The molecule has 0 amide bonds. The summed E-state index contributed by atoms with van der Waals surface area (Å²) in [6.45, 7) is 5.03. The lowest BCUT2D eigenvalue weighted by atomic mass is 9.85. The number of H-pyrrole nitrogens is 2. The summed E-state index contributed by atoms with van der Waals surface area (Å²) in [7, 11) is 0. The standard InChI is InChI=1S/C28H30FN5O2/c1-3-16-10-19(35)6-7-21(16)22-8-9-23-26(25(22)29)32-33-27(23)28-30-13-24(31-28)17-5-4-15(2)34(14-17)18-11-20(36)12-18/h5-10,13,15,18,20,35-36H,3-4,11-12,14H2,1-2H3,(H,30,31)(H,32,33)/t15-,18?,20?/m0/s1. The molecule has 2 aliphatic rings. The highest BCUT2D eigenvalue weighted by molar-refractivity contribution is 5.95. The molecule has 1 atom stereocenters. The number of aromatic amines is 2. The van der Waals surface area contributed by atoms with Gasteiger partial charge in [0.25, 0.3) is 0 Å². The highest BCUT2D eigenvalue weighted by Crippen LogP contribution is 2.36. The number of nitrogens with zero attached hydrogens (tertiary/aromatic N) is 3. The maximum Gasteiger partial charge on any atom is 0.159 e. The van der Waals surface area contributed by atoms with E-state index in [9.17, 15) is 10.2 Å². The van der Waals surface area contributed by atoms with E-state index in [0.717, 1.165) is 42.6 Å². The molecule has 4 aromatic rings. The third-order valence-corrected chi connectivity index (χ3v) is 7.77. The van der Waals surface area contributed by atoms with Gasteiger partial charge in [0.05, 0.1) is 18.0 Å². The average Bonchev–Trinajstić information content (AvgIpc) is 3.51. The van der Waals surface area contributed by atoms with Crippen LogP contribution in [0.2, 0.25) is 0 Å². The van der Waals surface area contributed by atoms with E-state index in [1.807, 2.05) is 19.2 Å². The number of phenols is 1. The number of hydrogen-bond acceptors (Lipinski definition) is 5. The van der Waals surface area contributed by atoms with Gasteiger partial charge in [-0.05, 0) is 67.5 Å². The molecular weight excluding hydrogens is 457 g/mol. The van der Waals surface area contributed by atoms with Gasteiger partial charge in [-0.25, -0.2) is 9.37 Å². The fourth-order valence-corrected chi connectivity index (χ4v) is 5.56. The summed E-state index contributed by atoms with van der Waals surface area (Å²) in [5.74, 6) is 0.386. The van der Waals surface area contributed by atoms with E-state index in [4.69, 9.17) is 0 Å². The number of aromatic hydroxyl groups is 1. The van der Waals surface area contributed by atoms with Crippen molar-refractivity contribution in [2.24, 2.45) is 0 Å². The number of imidazole rings is 1. The molecule has 8 heteroatoms. The number of aryl methyl sites for hydroxylation is 1. The second-order valence-electron chi connectivity index (χ2n) is 10.0. The topological polar surface area (TPSA) is 101 Å². The Kier molecular flexibility index (Phi) is 5.65. The lowest BCUT2D eigenvalue weighted by Gasteiger charge is -2.45. The molecule has 0 radical (unpaired) electrons. The van der Waals surface area contributed by atoms with Crippen LogP contribution in [-0.2, 0) is 6.42 Å². The third kappa shape index (κ3) is 3.81. The molecule has 186 valence electrons. The zero-order chi connectivity index (χ0) is 25.0. The van der Waals surface area contributed by atoms with Crippen LogP contribution in [0, 0.1) is 5.82 Å². The van der Waals surface area contributed by atoms with Crippen molar-refractivity contribution in [2.75, 3.05) is 6.54 Å². The molecule has 4 N–H and O–H groups in total. The number of fused-ring (bicyclic) bond motifs is 1. The van der Waals surface area contributed by atoms with Gasteiger partial charge in [0, 0.05) is 29.6 Å². The number of hydrogen-bond donors (Lipinski definition) is 4. The van der Waals surface area contributed by atoms with Crippen molar-refractivity contribution in [3.8, 4) is 28.4 Å². The minimum Gasteiger partial charge on any atom is -0.508 e. The van der Waals surface area contributed by atoms with Crippen molar-refractivity contribution in [3.05, 3.63) is 59.7 Å². The second-order valence-corrected chi connectivity index (χ2v) is 10.0. The fraction of sp³-hybridized carbons (Fsp3) is 0.357. The zero-order valence-corrected chi connectivity index (χ0v) is 20.4. The Labute approximate surface area is 208 Å². The van der Waals surface area contributed by atoms with E-state index < -0.39 is 5.82 Å². The zero-order valence-electron chi connectivity index (χ0n) is 20.4. The maximum atomic E-state index is 15.6. The van der Waals surface area contributed by atoms with Gasteiger partial charge in [0.2, 0.25) is 0 Å². The SMILES string of the molecule is CCc1cc(O)ccc1-c1ccc2c(-c3ncc(C4=CC[C@H](C)N(C5CC(O)C5)C4)[nH]3)[nH]nc2c1F. The number of nitrogens with one attached hydrogen (secondary N) is 2. The molecule has 0 bridgehead atoms. The monoisotopic (exact) mass is 487 g/mol. The number of halogens is 1. The Morgan fingerprint density at radius 3 is 2.75 bits per heavy atom. The average molecular weight is 488 g/mol. The smallest absolute Gasteiger partial charge is 0.159 e. The maximum absolute atomic E-state index is 15.6. The first-order valence-corrected chi connectivity index (χ1v) is 12.6. The number of benzene rings is 2. The largest absolute Gasteiger partial charge is 0.508 e. The van der Waals surface area contributed by atoms with Gasteiger partial charge in [0.1, 0.15) is 17.0 Å². The van der Waals surface area contributed by atoms with E-state index in [1.54, 1.807) is 24.3 Å². The number of aliphatic hydroxyl groups excluding tert-OH is 1. The molecule has 1 fully saturated rings. The van der Waals surface area contributed by atoms with Crippen LogP contribution >= 0.6 is 0 Å². The molecule has 7 nitrogen and oxygen atoms in total. The van der Waals surface area contributed by atoms with Crippen LogP contribution in [-0.4, -0.2) is 60.0 Å². The first kappa shape index (κ1) is 22.9. The predicted molar refractivity (Wildman–Crippen MR) is 138 cm³/mol. The highest BCUT2D eigenvalue weighted by Gasteiger charge is 2.36.